The number of benzene rings is 1. The summed E-state index contributed by atoms with van der Waals surface area (Å²) in [4.78, 5) is 2.36. The van der Waals surface area contributed by atoms with Crippen molar-refractivity contribution < 1.29 is 0 Å². The molecule has 1 aromatic rings. The topological polar surface area (TPSA) is 29.3 Å². The number of nitrogens with zero attached hydrogens (tertiary/aromatic N) is 1. The van der Waals surface area contributed by atoms with Gasteiger partial charge in [-0.3, -0.25) is 0 Å². The van der Waals surface area contributed by atoms with Gasteiger partial charge in [-0.05, 0) is 43.1 Å². The Labute approximate surface area is 99.5 Å². The quantitative estimate of drug-likeness (QED) is 0.790. The van der Waals surface area contributed by atoms with Crippen LogP contribution in [0.5, 0.6) is 0 Å². The second kappa shape index (κ2) is 5.35. The van der Waals surface area contributed by atoms with Crippen LogP contribution >= 0.6 is 0 Å². The third-order valence-electron chi connectivity index (χ3n) is 2.68. The van der Waals surface area contributed by atoms with Gasteiger partial charge >= 0.3 is 0 Å². The lowest BCUT2D eigenvalue weighted by Crippen LogP contribution is -2.23. The summed E-state index contributed by atoms with van der Waals surface area (Å²) >= 11 is 0. The van der Waals surface area contributed by atoms with Crippen molar-refractivity contribution in [3.8, 4) is 0 Å². The van der Waals surface area contributed by atoms with Crippen LogP contribution in [0.3, 0.4) is 0 Å². The molecule has 0 aromatic heterocycles. The molecule has 0 unspecified atom stereocenters. The molecule has 0 spiro atoms. The van der Waals surface area contributed by atoms with Crippen LogP contribution in [0.1, 0.15) is 32.8 Å². The molecule has 0 heterocycles. The van der Waals surface area contributed by atoms with E-state index in [9.17, 15) is 0 Å². The maximum absolute atomic E-state index is 5.66. The van der Waals surface area contributed by atoms with Crippen molar-refractivity contribution in [2.75, 3.05) is 19.3 Å². The van der Waals surface area contributed by atoms with Crippen LogP contribution in [0.25, 0.3) is 0 Å². The van der Waals surface area contributed by atoms with Gasteiger partial charge in [-0.25, -0.2) is 0 Å². The molecule has 1 aromatic carbocycles. The Hall–Kier alpha value is -1.02. The summed E-state index contributed by atoms with van der Waals surface area (Å²) in [6.45, 7) is 8.97. The molecule has 16 heavy (non-hydrogen) atoms. The van der Waals surface area contributed by atoms with Crippen molar-refractivity contribution in [1.29, 1.82) is 0 Å². The van der Waals surface area contributed by atoms with Gasteiger partial charge < -0.3 is 10.6 Å². The number of anilines is 1. The van der Waals surface area contributed by atoms with Gasteiger partial charge in [0.25, 0.3) is 0 Å². The van der Waals surface area contributed by atoms with Crippen molar-refractivity contribution in [2.45, 2.75) is 33.7 Å². The minimum atomic E-state index is 0.412. The SMILES string of the molecule is CN(CCC(C)(C)C)Cc1ccc(N)cc1. The maximum atomic E-state index is 5.66. The highest BCUT2D eigenvalue weighted by atomic mass is 15.1. The van der Waals surface area contributed by atoms with E-state index in [0.717, 1.165) is 18.8 Å². The van der Waals surface area contributed by atoms with E-state index >= 15 is 0 Å². The van der Waals surface area contributed by atoms with E-state index in [0.29, 0.717) is 5.41 Å². The summed E-state index contributed by atoms with van der Waals surface area (Å²) in [7, 11) is 2.17. The minimum absolute atomic E-state index is 0.412. The number of rotatable bonds is 4. The lowest BCUT2D eigenvalue weighted by atomic mass is 9.92. The molecule has 90 valence electrons. The zero-order valence-corrected chi connectivity index (χ0v) is 11.0. The Kier molecular flexibility index (Phi) is 4.36. The number of nitrogen functional groups attached to an aromatic ring is 1. The Bertz CT molecular complexity index is 309. The lowest BCUT2D eigenvalue weighted by molar-refractivity contribution is 0.259. The third-order valence-corrected chi connectivity index (χ3v) is 2.68. The Balaban J connectivity index is 2.39. The Morgan fingerprint density at radius 3 is 2.19 bits per heavy atom. The molecule has 0 aliphatic heterocycles. The summed E-state index contributed by atoms with van der Waals surface area (Å²) < 4.78 is 0. The van der Waals surface area contributed by atoms with Gasteiger partial charge in [0, 0.05) is 12.2 Å². The first-order valence-electron chi connectivity index (χ1n) is 5.90. The fraction of sp³-hybridized carbons (Fsp3) is 0.571. The van der Waals surface area contributed by atoms with Crippen molar-refractivity contribution in [2.24, 2.45) is 5.41 Å². The first-order chi connectivity index (χ1) is 7.37. The van der Waals surface area contributed by atoms with Gasteiger partial charge in [-0.2, -0.15) is 0 Å². The van der Waals surface area contributed by atoms with Crippen LogP contribution in [0, 0.1) is 5.41 Å². The van der Waals surface area contributed by atoms with E-state index in [1.165, 1.54) is 12.0 Å². The molecule has 0 radical (unpaired) electrons. The molecule has 0 aliphatic carbocycles. The molecule has 0 fully saturated rings. The van der Waals surface area contributed by atoms with Gasteiger partial charge in [0.1, 0.15) is 0 Å². The predicted molar refractivity (Wildman–Crippen MR) is 71.3 cm³/mol. The normalized spacial score (nSPS) is 12.1. The fourth-order valence-corrected chi connectivity index (χ4v) is 1.54. The van der Waals surface area contributed by atoms with Gasteiger partial charge in [-0.15, -0.1) is 0 Å². The Morgan fingerprint density at radius 2 is 1.69 bits per heavy atom. The van der Waals surface area contributed by atoms with Crippen LogP contribution in [0.2, 0.25) is 0 Å². The first-order valence-corrected chi connectivity index (χ1v) is 5.90. The van der Waals surface area contributed by atoms with Crippen molar-refractivity contribution >= 4 is 5.69 Å². The highest BCUT2D eigenvalue weighted by molar-refractivity contribution is 5.39. The van der Waals surface area contributed by atoms with Gasteiger partial charge in [-0.1, -0.05) is 32.9 Å². The molecule has 2 nitrogen and oxygen atoms in total. The molecule has 0 aliphatic rings. The number of hydrogen-bond acceptors (Lipinski definition) is 2. The molecule has 2 N–H and O–H groups in total. The summed E-state index contributed by atoms with van der Waals surface area (Å²) in [5.74, 6) is 0. The molecule has 2 heteroatoms. The highest BCUT2D eigenvalue weighted by Crippen LogP contribution is 2.19. The summed E-state index contributed by atoms with van der Waals surface area (Å²) in [5.41, 5.74) is 8.23. The zero-order valence-electron chi connectivity index (χ0n) is 11.0. The van der Waals surface area contributed by atoms with Crippen molar-refractivity contribution in [3.63, 3.8) is 0 Å². The van der Waals surface area contributed by atoms with Gasteiger partial charge in [0.2, 0.25) is 0 Å². The van der Waals surface area contributed by atoms with Gasteiger partial charge in [0.15, 0.2) is 0 Å². The van der Waals surface area contributed by atoms with Crippen LogP contribution in [-0.4, -0.2) is 18.5 Å². The standard InChI is InChI=1S/C14H24N2/c1-14(2,3)9-10-16(4)11-12-5-7-13(15)8-6-12/h5-8H,9-11,15H2,1-4H3. The van der Waals surface area contributed by atoms with Crippen molar-refractivity contribution in [3.05, 3.63) is 29.8 Å². The number of hydrogen-bond donors (Lipinski definition) is 1. The van der Waals surface area contributed by atoms with Crippen LogP contribution in [0.4, 0.5) is 5.69 Å². The molecule has 0 bridgehead atoms. The summed E-state index contributed by atoms with van der Waals surface area (Å²) in [6, 6.07) is 8.13. The lowest BCUT2D eigenvalue weighted by Gasteiger charge is -2.23. The summed E-state index contributed by atoms with van der Waals surface area (Å²) in [6.07, 6.45) is 1.22. The largest absolute Gasteiger partial charge is 0.399 e. The van der Waals surface area contributed by atoms with Crippen molar-refractivity contribution in [1.82, 2.24) is 4.90 Å². The molecule has 1 rings (SSSR count). The fourth-order valence-electron chi connectivity index (χ4n) is 1.54. The monoisotopic (exact) mass is 220 g/mol. The average Bonchev–Trinajstić information content (AvgIpc) is 2.18. The summed E-state index contributed by atoms with van der Waals surface area (Å²) in [5, 5.41) is 0. The molecular weight excluding hydrogens is 196 g/mol. The Morgan fingerprint density at radius 1 is 1.12 bits per heavy atom. The van der Waals surface area contributed by atoms with E-state index in [-0.39, 0.29) is 0 Å². The first kappa shape index (κ1) is 13.0. The predicted octanol–water partition coefficient (Wildman–Crippen LogP) is 3.14. The third kappa shape index (κ3) is 5.17. The molecule has 0 saturated carbocycles. The van der Waals surface area contributed by atoms with E-state index in [4.69, 9.17) is 5.73 Å². The molecular formula is C14H24N2. The van der Waals surface area contributed by atoms with Crippen LogP contribution in [0.15, 0.2) is 24.3 Å². The van der Waals surface area contributed by atoms with E-state index in [1.54, 1.807) is 0 Å². The molecule has 0 saturated heterocycles. The average molecular weight is 220 g/mol. The van der Waals surface area contributed by atoms with E-state index in [2.05, 4.69) is 44.9 Å². The molecule has 0 amide bonds. The minimum Gasteiger partial charge on any atom is -0.399 e. The van der Waals surface area contributed by atoms with E-state index < -0.39 is 0 Å². The molecule has 0 atom stereocenters. The van der Waals surface area contributed by atoms with E-state index in [1.807, 2.05) is 12.1 Å². The highest BCUT2D eigenvalue weighted by Gasteiger charge is 2.11. The zero-order chi connectivity index (χ0) is 12.2. The van der Waals surface area contributed by atoms with Crippen LogP contribution in [-0.2, 0) is 6.54 Å². The second-order valence-electron chi connectivity index (χ2n) is 5.79. The second-order valence-corrected chi connectivity index (χ2v) is 5.79. The smallest absolute Gasteiger partial charge is 0.0314 e. The maximum Gasteiger partial charge on any atom is 0.0314 e. The van der Waals surface area contributed by atoms with Gasteiger partial charge in [0.05, 0.1) is 0 Å². The number of nitrogens with two attached hydrogens (primary N) is 1. The van der Waals surface area contributed by atoms with Crippen LogP contribution < -0.4 is 5.73 Å².